The molecule has 41 heavy (non-hydrogen) atoms. The van der Waals surface area contributed by atoms with Crippen molar-refractivity contribution in [1.29, 1.82) is 5.26 Å². The Morgan fingerprint density at radius 1 is 1.17 bits per heavy atom. The first-order valence-electron chi connectivity index (χ1n) is 12.8. The number of pyridine rings is 1. The van der Waals surface area contributed by atoms with Gasteiger partial charge in [0, 0.05) is 55.9 Å². The number of nitrogens with zero attached hydrogens (tertiary/aromatic N) is 4. The van der Waals surface area contributed by atoms with Gasteiger partial charge < -0.3 is 25.8 Å². The summed E-state index contributed by atoms with van der Waals surface area (Å²) in [5.41, 5.74) is 8.80. The second-order valence-corrected chi connectivity index (χ2v) is 12.2. The van der Waals surface area contributed by atoms with Crippen molar-refractivity contribution in [3.05, 3.63) is 88.7 Å². The van der Waals surface area contributed by atoms with E-state index in [1.54, 1.807) is 28.8 Å². The first-order chi connectivity index (χ1) is 19.4. The molecule has 12 heteroatoms. The third kappa shape index (κ3) is 6.55. The molecule has 0 spiro atoms. The molecule has 0 aliphatic rings. The molecule has 0 aliphatic carbocycles. The lowest BCUT2D eigenvalue weighted by Crippen LogP contribution is -2.32. The topological polar surface area (TPSA) is 175 Å². The first kappa shape index (κ1) is 29.7. The number of rotatable bonds is 11. The number of anilines is 1. The number of benzene rings is 2. The number of fused-ring (bicyclic) bond motifs is 1. The van der Waals surface area contributed by atoms with E-state index in [2.05, 4.69) is 10.3 Å². The number of sulfonamides is 1. The van der Waals surface area contributed by atoms with E-state index in [0.29, 0.717) is 23.1 Å². The molecular formula is C29H32N6O5S. The van der Waals surface area contributed by atoms with E-state index in [0.717, 1.165) is 15.3 Å². The number of nitriles is 1. The maximum Gasteiger partial charge on any atom is 0.352 e. The molecule has 2 aromatic carbocycles. The van der Waals surface area contributed by atoms with Crippen molar-refractivity contribution >= 4 is 32.7 Å². The van der Waals surface area contributed by atoms with E-state index < -0.39 is 22.1 Å². The average Bonchev–Trinajstić information content (AvgIpc) is 3.29. The molecule has 2 unspecified atom stereocenters. The number of carbonyl (C=O) groups is 1. The van der Waals surface area contributed by atoms with Crippen molar-refractivity contribution in [1.82, 2.24) is 19.2 Å². The number of hydrogen-bond acceptors (Lipinski definition) is 8. The fourth-order valence-electron chi connectivity index (χ4n) is 4.61. The molecule has 0 fully saturated rings. The Morgan fingerprint density at radius 3 is 2.61 bits per heavy atom. The summed E-state index contributed by atoms with van der Waals surface area (Å²) in [5, 5.41) is 33.6. The van der Waals surface area contributed by atoms with E-state index >= 15 is 0 Å². The minimum Gasteiger partial charge on any atom is -0.477 e. The molecule has 4 aromatic rings. The molecule has 2 heterocycles. The monoisotopic (exact) mass is 576 g/mol. The van der Waals surface area contributed by atoms with Crippen molar-refractivity contribution in [2.24, 2.45) is 0 Å². The molecule has 2 aromatic heterocycles. The standard InChI is InChI=1S/C29H32N6O5S/c1-18(32-16-27(36)23-12-22(14-30)28(31)33-15-23)9-19-7-8-25-21(10-19)13-26(29(37)38)35(25)17-20-5-4-6-24(11-20)41(39,40)34(2)3/h4-8,10-13,15,18,27,32,36H,9,16-17H2,1-3H3,(H2,31,33)(H,37,38). The normalized spacial score (nSPS) is 13.3. The van der Waals surface area contributed by atoms with Crippen LogP contribution in [0.5, 0.6) is 0 Å². The van der Waals surface area contributed by atoms with Gasteiger partial charge in [-0.2, -0.15) is 5.26 Å². The quantitative estimate of drug-likeness (QED) is 0.209. The van der Waals surface area contributed by atoms with Gasteiger partial charge in [-0.15, -0.1) is 0 Å². The van der Waals surface area contributed by atoms with Crippen LogP contribution in [0.25, 0.3) is 10.9 Å². The highest BCUT2D eigenvalue weighted by atomic mass is 32.2. The molecule has 2 atom stereocenters. The highest BCUT2D eigenvalue weighted by molar-refractivity contribution is 7.89. The Labute approximate surface area is 238 Å². The van der Waals surface area contributed by atoms with E-state index in [9.17, 15) is 23.4 Å². The SMILES string of the molecule is CC(Cc1ccc2c(c1)cc(C(=O)O)n2Cc1cccc(S(=O)(=O)N(C)C)c1)NCC(O)c1cnc(N)c(C#N)c1. The lowest BCUT2D eigenvalue weighted by molar-refractivity contribution is 0.0686. The van der Waals surface area contributed by atoms with Crippen LogP contribution >= 0.6 is 0 Å². The summed E-state index contributed by atoms with van der Waals surface area (Å²) >= 11 is 0. The van der Waals surface area contributed by atoms with Crippen LogP contribution in [0, 0.1) is 11.3 Å². The molecule has 11 nitrogen and oxygen atoms in total. The predicted octanol–water partition coefficient (Wildman–Crippen LogP) is 2.74. The minimum atomic E-state index is -3.63. The van der Waals surface area contributed by atoms with Crippen LogP contribution < -0.4 is 11.1 Å². The number of aliphatic hydroxyl groups excluding tert-OH is 1. The zero-order chi connectivity index (χ0) is 29.9. The van der Waals surface area contributed by atoms with Gasteiger partial charge in [-0.1, -0.05) is 18.2 Å². The summed E-state index contributed by atoms with van der Waals surface area (Å²) in [6.45, 7) is 2.40. The van der Waals surface area contributed by atoms with Crippen molar-refractivity contribution in [3.8, 4) is 6.07 Å². The fourth-order valence-corrected chi connectivity index (χ4v) is 5.58. The number of nitrogens with one attached hydrogen (secondary N) is 1. The summed E-state index contributed by atoms with van der Waals surface area (Å²) in [4.78, 5) is 16.2. The number of carboxylic acids is 1. The van der Waals surface area contributed by atoms with E-state index in [1.165, 1.54) is 32.4 Å². The van der Waals surface area contributed by atoms with Crippen molar-refractivity contribution < 1.29 is 23.4 Å². The zero-order valence-corrected chi connectivity index (χ0v) is 23.8. The molecule has 0 amide bonds. The Morgan fingerprint density at radius 2 is 1.93 bits per heavy atom. The average molecular weight is 577 g/mol. The van der Waals surface area contributed by atoms with Gasteiger partial charge in [0.05, 0.1) is 16.6 Å². The lowest BCUT2D eigenvalue weighted by Gasteiger charge is -2.18. The Bertz CT molecular complexity index is 1740. The second kappa shape index (κ2) is 12.1. The van der Waals surface area contributed by atoms with Gasteiger partial charge >= 0.3 is 5.97 Å². The van der Waals surface area contributed by atoms with Crippen LogP contribution in [0.15, 0.2) is 65.7 Å². The van der Waals surface area contributed by atoms with Gasteiger partial charge in [-0.3, -0.25) is 0 Å². The van der Waals surface area contributed by atoms with Gasteiger partial charge in [0.1, 0.15) is 17.6 Å². The number of nitrogen functional groups attached to an aromatic ring is 1. The van der Waals surface area contributed by atoms with Gasteiger partial charge in [-0.05, 0) is 60.9 Å². The molecule has 0 saturated carbocycles. The summed E-state index contributed by atoms with van der Waals surface area (Å²) in [7, 11) is -0.708. The number of aromatic nitrogens is 2. The van der Waals surface area contributed by atoms with E-state index in [1.807, 2.05) is 31.2 Å². The predicted molar refractivity (Wildman–Crippen MR) is 155 cm³/mol. The zero-order valence-electron chi connectivity index (χ0n) is 22.9. The Hall–Kier alpha value is -4.28. The molecule has 0 radical (unpaired) electrons. The maximum atomic E-state index is 12.6. The minimum absolute atomic E-state index is 0.0262. The summed E-state index contributed by atoms with van der Waals surface area (Å²) < 4.78 is 28.0. The fraction of sp³-hybridized carbons (Fsp3) is 0.276. The highest BCUT2D eigenvalue weighted by Gasteiger charge is 2.20. The van der Waals surface area contributed by atoms with Gasteiger partial charge in [0.15, 0.2) is 0 Å². The van der Waals surface area contributed by atoms with Crippen molar-refractivity contribution in [3.63, 3.8) is 0 Å². The van der Waals surface area contributed by atoms with Crippen LogP contribution in [-0.4, -0.2) is 65.1 Å². The van der Waals surface area contributed by atoms with Gasteiger partial charge in [-0.25, -0.2) is 22.5 Å². The summed E-state index contributed by atoms with van der Waals surface area (Å²) in [6.07, 6.45) is 1.19. The van der Waals surface area contributed by atoms with Crippen LogP contribution in [0.4, 0.5) is 5.82 Å². The van der Waals surface area contributed by atoms with Gasteiger partial charge in [0.2, 0.25) is 10.0 Å². The van der Waals surface area contributed by atoms with Crippen molar-refractivity contribution in [2.45, 2.75) is 36.9 Å². The molecule has 0 bridgehead atoms. The van der Waals surface area contributed by atoms with Crippen LogP contribution in [-0.2, 0) is 23.0 Å². The largest absolute Gasteiger partial charge is 0.477 e. The highest BCUT2D eigenvalue weighted by Crippen LogP contribution is 2.25. The third-order valence-corrected chi connectivity index (χ3v) is 8.66. The van der Waals surface area contributed by atoms with Crippen molar-refractivity contribution in [2.75, 3.05) is 26.4 Å². The van der Waals surface area contributed by atoms with Crippen LogP contribution in [0.1, 0.15) is 45.8 Å². The second-order valence-electron chi connectivity index (χ2n) is 10.1. The number of hydrogen-bond donors (Lipinski definition) is 4. The Balaban J connectivity index is 1.51. The lowest BCUT2D eigenvalue weighted by atomic mass is 10.0. The van der Waals surface area contributed by atoms with Crippen LogP contribution in [0.3, 0.4) is 0 Å². The number of aromatic carboxylic acids is 1. The number of carboxylic acid groups (broad SMARTS) is 1. The summed E-state index contributed by atoms with van der Waals surface area (Å²) in [5.74, 6) is -0.966. The van der Waals surface area contributed by atoms with Gasteiger partial charge in [0.25, 0.3) is 0 Å². The Kier molecular flexibility index (Phi) is 8.74. The van der Waals surface area contributed by atoms with Crippen LogP contribution in [0.2, 0.25) is 0 Å². The first-order valence-corrected chi connectivity index (χ1v) is 14.3. The molecule has 5 N–H and O–H groups in total. The molecule has 4 rings (SSSR count). The maximum absolute atomic E-state index is 12.6. The molecule has 214 valence electrons. The smallest absolute Gasteiger partial charge is 0.352 e. The number of nitrogens with two attached hydrogens (primary N) is 1. The summed E-state index contributed by atoms with van der Waals surface area (Å²) in [6, 6.07) is 17.3. The van der Waals surface area contributed by atoms with E-state index in [-0.39, 0.29) is 41.1 Å². The third-order valence-electron chi connectivity index (χ3n) is 6.85. The molecular weight excluding hydrogens is 544 g/mol. The number of aliphatic hydroxyl groups is 1. The molecule has 0 saturated heterocycles. The van der Waals surface area contributed by atoms with E-state index in [4.69, 9.17) is 11.0 Å². The molecule has 0 aliphatic heterocycles.